The number of furan rings is 1. The average Bonchev–Trinajstić information content (AvgIpc) is 2.93. The summed E-state index contributed by atoms with van der Waals surface area (Å²) in [6, 6.07) is 0. The maximum Gasteiger partial charge on any atom is 0.525 e. The van der Waals surface area contributed by atoms with Crippen LogP contribution < -0.4 is 0 Å². The molecule has 3 heterocycles. The highest BCUT2D eigenvalue weighted by Crippen LogP contribution is 2.44. The fraction of sp³-hybridized carbons (Fsp3) is 0.562. The molecule has 0 amide bonds. The number of fused-ring (bicyclic) bond motifs is 1. The summed E-state index contributed by atoms with van der Waals surface area (Å²) in [6.07, 6.45) is 0. The zero-order valence-electron chi connectivity index (χ0n) is 14.4. The van der Waals surface area contributed by atoms with Crippen LogP contribution in [-0.2, 0) is 15.1 Å². The van der Waals surface area contributed by atoms with Crippen LogP contribution in [0.3, 0.4) is 0 Å². The lowest BCUT2D eigenvalue weighted by Gasteiger charge is -2.32. The Morgan fingerprint density at radius 1 is 1.21 bits per heavy atom. The Bertz CT molecular complexity index is 721. The second-order valence-electron chi connectivity index (χ2n) is 7.07. The second kappa shape index (κ2) is 5.64. The third-order valence-corrected chi connectivity index (χ3v) is 5.90. The molecule has 0 spiro atoms. The molecule has 5 nitrogen and oxygen atoms in total. The van der Waals surface area contributed by atoms with Crippen molar-refractivity contribution in [3.63, 3.8) is 0 Å². The van der Waals surface area contributed by atoms with Gasteiger partial charge in [-0.2, -0.15) is 0 Å². The Balaban J connectivity index is 2.05. The summed E-state index contributed by atoms with van der Waals surface area (Å²) in [4.78, 5) is 11.3. The lowest BCUT2D eigenvalue weighted by molar-refractivity contribution is 0.00578. The molecule has 1 fully saturated rings. The molecule has 0 unspecified atom stereocenters. The first kappa shape index (κ1) is 17.6. The molecule has 0 radical (unpaired) electrons. The van der Waals surface area contributed by atoms with Crippen molar-refractivity contribution in [2.24, 2.45) is 0 Å². The van der Waals surface area contributed by atoms with Crippen molar-refractivity contribution in [2.45, 2.75) is 51.6 Å². The number of halogens is 1. The zero-order chi connectivity index (χ0) is 17.9. The first-order valence-corrected chi connectivity index (χ1v) is 8.88. The topological polar surface area (TPSA) is 68.9 Å². The van der Waals surface area contributed by atoms with E-state index in [1.165, 1.54) is 11.8 Å². The molecule has 2 aliphatic heterocycles. The molecule has 8 heteroatoms. The van der Waals surface area contributed by atoms with Crippen LogP contribution in [0.5, 0.6) is 0 Å². The average molecular weight is 354 g/mol. The van der Waals surface area contributed by atoms with Crippen molar-refractivity contribution in [3.05, 3.63) is 28.4 Å². The monoisotopic (exact) mass is 354 g/mol. The Labute approximate surface area is 144 Å². The summed E-state index contributed by atoms with van der Waals surface area (Å²) in [6.45, 7) is 9.07. The number of hydrogen-bond donors (Lipinski definition) is 1. The molecule has 1 aromatic rings. The minimum Gasteiger partial charge on any atom is -0.475 e. The molecule has 1 N–H and O–H groups in total. The highest BCUT2D eigenvalue weighted by atomic mass is 32.2. The van der Waals surface area contributed by atoms with E-state index in [0.29, 0.717) is 34.0 Å². The van der Waals surface area contributed by atoms with Crippen LogP contribution in [-0.4, -0.2) is 35.1 Å². The van der Waals surface area contributed by atoms with Gasteiger partial charge in [-0.15, -0.1) is 11.8 Å². The van der Waals surface area contributed by atoms with Crippen LogP contribution >= 0.6 is 11.8 Å². The standard InChI is InChI=1S/C16H20BFO5S/c1-8-11-9(6-24-7-10(11)21-12(8)14(19)20)13(18)17-22-15(2,3)16(4,5)23-17/h6-7H2,1-5H3,(H,19,20). The van der Waals surface area contributed by atoms with E-state index in [-0.39, 0.29) is 5.76 Å². The largest absolute Gasteiger partial charge is 0.525 e. The fourth-order valence-electron chi connectivity index (χ4n) is 2.87. The molecule has 0 atom stereocenters. The maximum absolute atomic E-state index is 15.2. The first-order valence-electron chi connectivity index (χ1n) is 7.73. The molecular formula is C16H20BFO5S. The van der Waals surface area contributed by atoms with E-state index in [1.807, 2.05) is 27.7 Å². The first-order chi connectivity index (χ1) is 11.0. The van der Waals surface area contributed by atoms with Gasteiger partial charge in [0, 0.05) is 22.5 Å². The number of thioether (sulfide) groups is 1. The summed E-state index contributed by atoms with van der Waals surface area (Å²) < 4.78 is 32.2. The van der Waals surface area contributed by atoms with Crippen molar-refractivity contribution in [1.82, 2.24) is 0 Å². The highest BCUT2D eigenvalue weighted by Gasteiger charge is 2.54. The molecule has 130 valence electrons. The summed E-state index contributed by atoms with van der Waals surface area (Å²) in [5.74, 6) is 0.137. The van der Waals surface area contributed by atoms with Crippen LogP contribution in [0.1, 0.15) is 55.1 Å². The van der Waals surface area contributed by atoms with Crippen LogP contribution in [0, 0.1) is 6.92 Å². The lowest BCUT2D eigenvalue weighted by atomic mass is 9.82. The summed E-state index contributed by atoms with van der Waals surface area (Å²) >= 11 is 1.47. The Kier molecular flexibility index (Phi) is 4.13. The highest BCUT2D eigenvalue weighted by molar-refractivity contribution is 7.99. The molecule has 2 aliphatic rings. The van der Waals surface area contributed by atoms with Crippen molar-refractivity contribution in [3.8, 4) is 0 Å². The fourth-order valence-corrected chi connectivity index (χ4v) is 3.85. The van der Waals surface area contributed by atoms with Gasteiger partial charge in [0.15, 0.2) is 0 Å². The smallest absolute Gasteiger partial charge is 0.475 e. The van der Waals surface area contributed by atoms with E-state index in [0.717, 1.165) is 0 Å². The third kappa shape index (κ3) is 2.61. The van der Waals surface area contributed by atoms with Gasteiger partial charge in [0.2, 0.25) is 5.76 Å². The summed E-state index contributed by atoms with van der Waals surface area (Å²) in [7, 11) is -1.10. The predicted octanol–water partition coefficient (Wildman–Crippen LogP) is 3.85. The molecule has 0 bridgehead atoms. The van der Waals surface area contributed by atoms with Gasteiger partial charge in [-0.25, -0.2) is 9.18 Å². The minimum absolute atomic E-state index is 0.137. The van der Waals surface area contributed by atoms with E-state index in [1.54, 1.807) is 6.92 Å². The van der Waals surface area contributed by atoms with Crippen molar-refractivity contribution >= 4 is 30.4 Å². The van der Waals surface area contributed by atoms with E-state index in [2.05, 4.69) is 0 Å². The van der Waals surface area contributed by atoms with E-state index in [4.69, 9.17) is 13.7 Å². The molecule has 0 saturated carbocycles. The van der Waals surface area contributed by atoms with Gasteiger partial charge in [-0.3, -0.25) is 0 Å². The lowest BCUT2D eigenvalue weighted by Crippen LogP contribution is -2.41. The van der Waals surface area contributed by atoms with Crippen molar-refractivity contribution in [2.75, 3.05) is 5.75 Å². The molecule has 1 saturated heterocycles. The molecule has 24 heavy (non-hydrogen) atoms. The third-order valence-electron chi connectivity index (χ3n) is 4.94. The summed E-state index contributed by atoms with van der Waals surface area (Å²) in [5.41, 5.74) is -0.412. The molecule has 1 aromatic heterocycles. The zero-order valence-corrected chi connectivity index (χ0v) is 15.2. The quantitative estimate of drug-likeness (QED) is 0.814. The van der Waals surface area contributed by atoms with Crippen LogP contribution in [0.15, 0.2) is 10.1 Å². The molecule has 0 aliphatic carbocycles. The number of aromatic carboxylic acids is 1. The number of hydrogen-bond acceptors (Lipinski definition) is 5. The van der Waals surface area contributed by atoms with Crippen LogP contribution in [0.4, 0.5) is 4.39 Å². The Morgan fingerprint density at radius 3 is 2.33 bits per heavy atom. The maximum atomic E-state index is 15.2. The SMILES string of the molecule is Cc1c(C(=O)O)oc2c1C(=C(F)B1OC(C)(C)C(C)(C)O1)CSC2. The number of rotatable bonds is 2. The molecule has 0 aromatic carbocycles. The van der Waals surface area contributed by atoms with Gasteiger partial charge >= 0.3 is 13.1 Å². The summed E-state index contributed by atoms with van der Waals surface area (Å²) in [5, 5.41) is 9.23. The normalized spacial score (nSPS) is 24.0. The van der Waals surface area contributed by atoms with E-state index < -0.39 is 30.0 Å². The van der Waals surface area contributed by atoms with Crippen molar-refractivity contribution < 1.29 is 28.0 Å². The molecule has 3 rings (SSSR count). The number of carboxylic acid groups (broad SMARTS) is 1. The van der Waals surface area contributed by atoms with E-state index >= 15 is 4.39 Å². The predicted molar refractivity (Wildman–Crippen MR) is 90.7 cm³/mol. The number of carboxylic acids is 1. The minimum atomic E-state index is -1.15. The number of carbonyl (C=O) groups is 1. The Morgan fingerprint density at radius 2 is 1.79 bits per heavy atom. The van der Waals surface area contributed by atoms with Gasteiger partial charge < -0.3 is 18.8 Å². The van der Waals surface area contributed by atoms with Gasteiger partial charge in [0.05, 0.1) is 17.0 Å². The van der Waals surface area contributed by atoms with Crippen molar-refractivity contribution in [1.29, 1.82) is 0 Å². The van der Waals surface area contributed by atoms with Gasteiger partial charge in [-0.05, 0) is 34.6 Å². The molecular weight excluding hydrogens is 334 g/mol. The van der Waals surface area contributed by atoms with Crippen LogP contribution in [0.25, 0.3) is 5.57 Å². The second-order valence-corrected chi connectivity index (χ2v) is 8.05. The Hall–Kier alpha value is -1.25. The van der Waals surface area contributed by atoms with Crippen LogP contribution in [0.2, 0.25) is 0 Å². The van der Waals surface area contributed by atoms with Gasteiger partial charge in [0.1, 0.15) is 11.5 Å². The van der Waals surface area contributed by atoms with Gasteiger partial charge in [-0.1, -0.05) is 0 Å². The van der Waals surface area contributed by atoms with E-state index in [9.17, 15) is 9.90 Å². The van der Waals surface area contributed by atoms with Gasteiger partial charge in [0.25, 0.3) is 0 Å².